The van der Waals surface area contributed by atoms with Crippen molar-refractivity contribution in [1.82, 2.24) is 10.3 Å². The van der Waals surface area contributed by atoms with E-state index >= 15 is 0 Å². The molecule has 1 aromatic heterocycles. The van der Waals surface area contributed by atoms with Crippen LogP contribution in [-0.2, 0) is 0 Å². The largest absolute Gasteiger partial charge is 0.349 e. The van der Waals surface area contributed by atoms with Crippen LogP contribution in [0.15, 0.2) is 12.1 Å². The standard InChI is InChI=1S/C13H19ClN2O/c1-5-11(8(2)3)16-13(17)10-6-9(4)15-12(14)7-10/h6-8,11H,5H2,1-4H3,(H,16,17). The first-order valence-electron chi connectivity index (χ1n) is 5.89. The first-order valence-corrected chi connectivity index (χ1v) is 6.27. The van der Waals surface area contributed by atoms with Crippen molar-refractivity contribution in [3.63, 3.8) is 0 Å². The van der Waals surface area contributed by atoms with E-state index in [9.17, 15) is 4.79 Å². The van der Waals surface area contributed by atoms with E-state index in [0.717, 1.165) is 12.1 Å². The molecule has 1 heterocycles. The Bertz CT molecular complexity index is 384. The lowest BCUT2D eigenvalue weighted by Gasteiger charge is -2.20. The molecule has 1 amide bonds. The lowest BCUT2D eigenvalue weighted by Crippen LogP contribution is -2.38. The molecule has 1 N–H and O–H groups in total. The Morgan fingerprint density at radius 3 is 2.59 bits per heavy atom. The highest BCUT2D eigenvalue weighted by Gasteiger charge is 2.15. The van der Waals surface area contributed by atoms with E-state index in [2.05, 4.69) is 31.1 Å². The van der Waals surface area contributed by atoms with Gasteiger partial charge in [-0.2, -0.15) is 0 Å². The molecule has 1 unspecified atom stereocenters. The smallest absolute Gasteiger partial charge is 0.251 e. The van der Waals surface area contributed by atoms with Gasteiger partial charge in [-0.3, -0.25) is 4.79 Å². The number of hydrogen-bond donors (Lipinski definition) is 1. The highest BCUT2D eigenvalue weighted by molar-refractivity contribution is 6.29. The topological polar surface area (TPSA) is 42.0 Å². The van der Waals surface area contributed by atoms with Gasteiger partial charge in [-0.1, -0.05) is 32.4 Å². The molecular formula is C13H19ClN2O. The van der Waals surface area contributed by atoms with E-state index in [1.54, 1.807) is 12.1 Å². The molecule has 1 atom stereocenters. The van der Waals surface area contributed by atoms with Crippen LogP contribution in [-0.4, -0.2) is 16.9 Å². The van der Waals surface area contributed by atoms with Gasteiger partial charge in [0.05, 0.1) is 0 Å². The Morgan fingerprint density at radius 2 is 2.12 bits per heavy atom. The van der Waals surface area contributed by atoms with E-state index in [4.69, 9.17) is 11.6 Å². The fraction of sp³-hybridized carbons (Fsp3) is 0.538. The Balaban J connectivity index is 2.82. The van der Waals surface area contributed by atoms with Crippen LogP contribution in [0.5, 0.6) is 0 Å². The molecule has 0 spiro atoms. The number of nitrogens with zero attached hydrogens (tertiary/aromatic N) is 1. The summed E-state index contributed by atoms with van der Waals surface area (Å²) in [5.74, 6) is 0.334. The molecule has 1 rings (SSSR count). The maximum Gasteiger partial charge on any atom is 0.251 e. The van der Waals surface area contributed by atoms with Crippen molar-refractivity contribution in [2.75, 3.05) is 0 Å². The summed E-state index contributed by atoms with van der Waals surface area (Å²) >= 11 is 5.84. The Labute approximate surface area is 108 Å². The summed E-state index contributed by atoms with van der Waals surface area (Å²) in [5, 5.41) is 3.37. The first-order chi connectivity index (χ1) is 7.93. The summed E-state index contributed by atoms with van der Waals surface area (Å²) < 4.78 is 0. The maximum absolute atomic E-state index is 12.0. The van der Waals surface area contributed by atoms with Gasteiger partial charge in [-0.15, -0.1) is 0 Å². The number of amides is 1. The number of pyridine rings is 1. The predicted octanol–water partition coefficient (Wildman–Crippen LogP) is 3.21. The van der Waals surface area contributed by atoms with Crippen molar-refractivity contribution < 1.29 is 4.79 Å². The van der Waals surface area contributed by atoms with Gasteiger partial charge in [0.25, 0.3) is 5.91 Å². The summed E-state index contributed by atoms with van der Waals surface area (Å²) in [4.78, 5) is 16.1. The zero-order valence-corrected chi connectivity index (χ0v) is 11.5. The van der Waals surface area contributed by atoms with Crippen molar-refractivity contribution >= 4 is 17.5 Å². The normalized spacial score (nSPS) is 12.6. The minimum Gasteiger partial charge on any atom is -0.349 e. The average Bonchev–Trinajstić information content (AvgIpc) is 2.23. The summed E-state index contributed by atoms with van der Waals surface area (Å²) in [6.45, 7) is 8.08. The van der Waals surface area contributed by atoms with Crippen molar-refractivity contribution in [3.05, 3.63) is 28.5 Å². The average molecular weight is 255 g/mol. The van der Waals surface area contributed by atoms with Crippen molar-refractivity contribution in [3.8, 4) is 0 Å². The highest BCUT2D eigenvalue weighted by atomic mass is 35.5. The van der Waals surface area contributed by atoms with Crippen molar-refractivity contribution in [1.29, 1.82) is 0 Å². The molecule has 0 bridgehead atoms. The molecule has 0 fully saturated rings. The monoisotopic (exact) mass is 254 g/mol. The van der Waals surface area contributed by atoms with Crippen molar-refractivity contribution in [2.45, 2.75) is 40.2 Å². The number of halogens is 1. The van der Waals surface area contributed by atoms with Gasteiger partial charge in [0.15, 0.2) is 0 Å². The number of carbonyl (C=O) groups excluding carboxylic acids is 1. The fourth-order valence-electron chi connectivity index (χ4n) is 1.75. The van der Waals surface area contributed by atoms with Crippen molar-refractivity contribution in [2.24, 2.45) is 5.92 Å². The van der Waals surface area contributed by atoms with Crippen LogP contribution in [0, 0.1) is 12.8 Å². The lowest BCUT2D eigenvalue weighted by atomic mass is 10.0. The number of aromatic nitrogens is 1. The van der Waals surface area contributed by atoms with Gasteiger partial charge in [0.1, 0.15) is 5.15 Å². The molecule has 0 saturated carbocycles. The number of aryl methyl sites for hydroxylation is 1. The predicted molar refractivity (Wildman–Crippen MR) is 70.4 cm³/mol. The third-order valence-electron chi connectivity index (χ3n) is 2.75. The molecule has 17 heavy (non-hydrogen) atoms. The summed E-state index contributed by atoms with van der Waals surface area (Å²) in [6.07, 6.45) is 0.918. The first kappa shape index (κ1) is 14.0. The van der Waals surface area contributed by atoms with Crippen LogP contribution in [0.25, 0.3) is 0 Å². The zero-order chi connectivity index (χ0) is 13.0. The molecular weight excluding hydrogens is 236 g/mol. The Morgan fingerprint density at radius 1 is 1.47 bits per heavy atom. The van der Waals surface area contributed by atoms with Gasteiger partial charge in [-0.25, -0.2) is 4.98 Å². The summed E-state index contributed by atoms with van der Waals surface area (Å²) in [7, 11) is 0. The number of nitrogens with one attached hydrogen (secondary N) is 1. The van der Waals surface area contributed by atoms with Crippen LogP contribution < -0.4 is 5.32 Å². The van der Waals surface area contributed by atoms with E-state index < -0.39 is 0 Å². The Kier molecular flexibility index (Phi) is 4.94. The molecule has 94 valence electrons. The highest BCUT2D eigenvalue weighted by Crippen LogP contribution is 2.12. The van der Waals surface area contributed by atoms with Gasteiger partial charge in [-0.05, 0) is 31.4 Å². The lowest BCUT2D eigenvalue weighted by molar-refractivity contribution is 0.0924. The van der Waals surface area contributed by atoms with Crippen LogP contribution in [0.3, 0.4) is 0 Å². The molecule has 0 radical (unpaired) electrons. The SMILES string of the molecule is CCC(NC(=O)c1cc(C)nc(Cl)c1)C(C)C. The van der Waals surface area contributed by atoms with E-state index in [0.29, 0.717) is 16.6 Å². The third kappa shape index (κ3) is 4.00. The van der Waals surface area contributed by atoms with Crippen LogP contribution in [0.2, 0.25) is 5.15 Å². The third-order valence-corrected chi connectivity index (χ3v) is 2.94. The maximum atomic E-state index is 12.0. The van der Waals surface area contributed by atoms with Gasteiger partial charge >= 0.3 is 0 Å². The minimum absolute atomic E-state index is 0.0852. The second kappa shape index (κ2) is 6.01. The summed E-state index contributed by atoms with van der Waals surface area (Å²) in [5.41, 5.74) is 1.32. The minimum atomic E-state index is -0.0852. The second-order valence-corrected chi connectivity index (χ2v) is 4.94. The fourth-order valence-corrected chi connectivity index (χ4v) is 2.00. The molecule has 0 aliphatic rings. The molecule has 0 aliphatic carbocycles. The number of hydrogen-bond acceptors (Lipinski definition) is 2. The van der Waals surface area contributed by atoms with E-state index in [1.807, 2.05) is 6.92 Å². The molecule has 0 aromatic carbocycles. The van der Waals surface area contributed by atoms with Crippen LogP contribution in [0.1, 0.15) is 43.2 Å². The number of carbonyl (C=O) groups is 1. The second-order valence-electron chi connectivity index (χ2n) is 4.55. The molecule has 4 heteroatoms. The Hall–Kier alpha value is -1.09. The summed E-state index contributed by atoms with van der Waals surface area (Å²) in [6, 6.07) is 3.53. The molecule has 0 aliphatic heterocycles. The number of rotatable bonds is 4. The molecule has 0 saturated heterocycles. The quantitative estimate of drug-likeness (QED) is 0.839. The molecule has 1 aromatic rings. The van der Waals surface area contributed by atoms with Gasteiger partial charge < -0.3 is 5.32 Å². The van der Waals surface area contributed by atoms with E-state index in [1.165, 1.54) is 0 Å². The zero-order valence-electron chi connectivity index (χ0n) is 10.7. The van der Waals surface area contributed by atoms with Gasteiger partial charge in [0, 0.05) is 17.3 Å². The van der Waals surface area contributed by atoms with Gasteiger partial charge in [0.2, 0.25) is 0 Å². The van der Waals surface area contributed by atoms with Crippen LogP contribution >= 0.6 is 11.6 Å². The van der Waals surface area contributed by atoms with E-state index in [-0.39, 0.29) is 11.9 Å². The molecule has 3 nitrogen and oxygen atoms in total. The van der Waals surface area contributed by atoms with Crippen LogP contribution in [0.4, 0.5) is 0 Å².